The molecule has 0 saturated carbocycles. The van der Waals surface area contributed by atoms with Crippen molar-refractivity contribution in [2.75, 3.05) is 32.0 Å². The van der Waals surface area contributed by atoms with Gasteiger partial charge in [-0.3, -0.25) is 9.69 Å². The fourth-order valence-electron chi connectivity index (χ4n) is 2.36. The maximum Gasteiger partial charge on any atom is 0.238 e. The molecule has 20 heavy (non-hydrogen) atoms. The number of amides is 1. The summed E-state index contributed by atoms with van der Waals surface area (Å²) in [6.07, 6.45) is 2.09. The highest BCUT2D eigenvalue weighted by Crippen LogP contribution is 2.22. The zero-order valence-electron chi connectivity index (χ0n) is 11.5. The number of anilines is 1. The van der Waals surface area contributed by atoms with Crippen LogP contribution in [0, 0.1) is 5.82 Å². The zero-order valence-corrected chi connectivity index (χ0v) is 12.2. The number of carbonyl (C=O) groups excluding carboxylic acids is 1. The van der Waals surface area contributed by atoms with Gasteiger partial charge in [0.25, 0.3) is 0 Å². The molecule has 1 aromatic carbocycles. The highest BCUT2D eigenvalue weighted by molar-refractivity contribution is 6.33. The Balaban J connectivity index is 1.84. The van der Waals surface area contributed by atoms with E-state index in [0.717, 1.165) is 25.9 Å². The van der Waals surface area contributed by atoms with Crippen LogP contribution in [0.4, 0.5) is 10.1 Å². The van der Waals surface area contributed by atoms with Crippen LogP contribution in [0.25, 0.3) is 0 Å². The number of rotatable bonds is 4. The Morgan fingerprint density at radius 3 is 2.75 bits per heavy atom. The number of piperidine rings is 1. The van der Waals surface area contributed by atoms with Crippen molar-refractivity contribution >= 4 is 23.2 Å². The van der Waals surface area contributed by atoms with Gasteiger partial charge in [0.15, 0.2) is 0 Å². The first-order valence-electron chi connectivity index (χ1n) is 6.73. The van der Waals surface area contributed by atoms with E-state index < -0.39 is 5.82 Å². The summed E-state index contributed by atoms with van der Waals surface area (Å²) in [6.45, 7) is 2.14. The van der Waals surface area contributed by atoms with Gasteiger partial charge in [-0.25, -0.2) is 4.39 Å². The minimum atomic E-state index is -0.415. The lowest BCUT2D eigenvalue weighted by Crippen LogP contribution is -2.44. The first kappa shape index (κ1) is 15.2. The molecule has 0 atom stereocenters. The molecule has 1 aliphatic heterocycles. The second-order valence-corrected chi connectivity index (χ2v) is 5.42. The van der Waals surface area contributed by atoms with E-state index >= 15 is 0 Å². The molecule has 1 saturated heterocycles. The summed E-state index contributed by atoms with van der Waals surface area (Å²) < 4.78 is 12.9. The Kier molecular flexibility index (Phi) is 5.34. The Bertz CT molecular complexity index is 475. The van der Waals surface area contributed by atoms with E-state index in [-0.39, 0.29) is 10.9 Å². The molecule has 1 aliphatic rings. The van der Waals surface area contributed by atoms with Crippen LogP contribution in [0.1, 0.15) is 12.8 Å². The van der Waals surface area contributed by atoms with Gasteiger partial charge in [0.05, 0.1) is 17.3 Å². The monoisotopic (exact) mass is 299 g/mol. The van der Waals surface area contributed by atoms with Gasteiger partial charge in [0.2, 0.25) is 5.91 Å². The van der Waals surface area contributed by atoms with Crippen molar-refractivity contribution in [1.29, 1.82) is 0 Å². The van der Waals surface area contributed by atoms with Crippen molar-refractivity contribution in [2.45, 2.75) is 18.9 Å². The van der Waals surface area contributed by atoms with Crippen molar-refractivity contribution in [1.82, 2.24) is 10.2 Å². The molecular weight excluding hydrogens is 281 g/mol. The number of hydrogen-bond acceptors (Lipinski definition) is 3. The Morgan fingerprint density at radius 2 is 2.15 bits per heavy atom. The number of nitrogens with zero attached hydrogens (tertiary/aromatic N) is 1. The number of hydrogen-bond donors (Lipinski definition) is 2. The normalized spacial score (nSPS) is 17.1. The SMILES string of the molecule is CNC1CCN(CC(=O)Nc2ccc(F)cc2Cl)CC1. The van der Waals surface area contributed by atoms with Gasteiger partial charge in [0.1, 0.15) is 5.82 Å². The van der Waals surface area contributed by atoms with Gasteiger partial charge in [0, 0.05) is 19.1 Å². The van der Waals surface area contributed by atoms with Crippen molar-refractivity contribution < 1.29 is 9.18 Å². The smallest absolute Gasteiger partial charge is 0.238 e. The van der Waals surface area contributed by atoms with Gasteiger partial charge < -0.3 is 10.6 Å². The van der Waals surface area contributed by atoms with E-state index in [4.69, 9.17) is 11.6 Å². The van der Waals surface area contributed by atoms with Gasteiger partial charge in [-0.15, -0.1) is 0 Å². The van der Waals surface area contributed by atoms with Gasteiger partial charge in [-0.2, -0.15) is 0 Å². The number of likely N-dealkylation sites (tertiary alicyclic amines) is 1. The van der Waals surface area contributed by atoms with Gasteiger partial charge >= 0.3 is 0 Å². The molecule has 2 N–H and O–H groups in total. The lowest BCUT2D eigenvalue weighted by atomic mass is 10.1. The lowest BCUT2D eigenvalue weighted by molar-refractivity contribution is -0.117. The molecular formula is C14H19ClFN3O. The third-order valence-corrected chi connectivity index (χ3v) is 3.88. The summed E-state index contributed by atoms with van der Waals surface area (Å²) in [5.41, 5.74) is 0.447. The van der Waals surface area contributed by atoms with E-state index in [1.807, 2.05) is 7.05 Å². The molecule has 1 aromatic rings. The van der Waals surface area contributed by atoms with Crippen molar-refractivity contribution in [3.63, 3.8) is 0 Å². The summed E-state index contributed by atoms with van der Waals surface area (Å²) in [5, 5.41) is 6.18. The molecule has 0 aliphatic carbocycles. The summed E-state index contributed by atoms with van der Waals surface area (Å²) in [4.78, 5) is 14.1. The topological polar surface area (TPSA) is 44.4 Å². The second-order valence-electron chi connectivity index (χ2n) is 5.01. The molecule has 2 rings (SSSR count). The van der Waals surface area contributed by atoms with E-state index in [1.165, 1.54) is 18.2 Å². The van der Waals surface area contributed by atoms with Gasteiger partial charge in [-0.05, 0) is 38.1 Å². The Labute approximate surface area is 123 Å². The third kappa shape index (κ3) is 4.16. The summed E-state index contributed by atoms with van der Waals surface area (Å²) in [6, 6.07) is 4.49. The van der Waals surface area contributed by atoms with Crippen LogP contribution in [0.3, 0.4) is 0 Å². The van der Waals surface area contributed by atoms with Crippen LogP contribution < -0.4 is 10.6 Å². The molecule has 110 valence electrons. The quantitative estimate of drug-likeness (QED) is 0.895. The van der Waals surface area contributed by atoms with Crippen molar-refractivity contribution in [2.24, 2.45) is 0 Å². The number of benzene rings is 1. The lowest BCUT2D eigenvalue weighted by Gasteiger charge is -2.31. The first-order chi connectivity index (χ1) is 9.58. The predicted octanol–water partition coefficient (Wildman–Crippen LogP) is 2.10. The number of nitrogens with one attached hydrogen (secondary N) is 2. The summed E-state index contributed by atoms with van der Waals surface area (Å²) in [5.74, 6) is -0.538. The number of carbonyl (C=O) groups is 1. The maximum atomic E-state index is 12.9. The molecule has 0 bridgehead atoms. The van der Waals surface area contributed by atoms with E-state index in [0.29, 0.717) is 18.3 Å². The fraction of sp³-hybridized carbons (Fsp3) is 0.500. The third-order valence-electron chi connectivity index (χ3n) is 3.57. The predicted molar refractivity (Wildman–Crippen MR) is 78.6 cm³/mol. The second kappa shape index (κ2) is 7.02. The fourth-order valence-corrected chi connectivity index (χ4v) is 2.58. The molecule has 6 heteroatoms. The van der Waals surface area contributed by atoms with Crippen LogP contribution in [-0.2, 0) is 4.79 Å². The summed E-state index contributed by atoms with van der Waals surface area (Å²) >= 11 is 5.88. The Hall–Kier alpha value is -1.17. The largest absolute Gasteiger partial charge is 0.324 e. The van der Waals surface area contributed by atoms with Gasteiger partial charge in [-0.1, -0.05) is 11.6 Å². The standard InChI is InChI=1S/C14H19ClFN3O/c1-17-11-4-6-19(7-5-11)9-14(20)18-13-3-2-10(16)8-12(13)15/h2-3,8,11,17H,4-7,9H2,1H3,(H,18,20). The molecule has 1 fully saturated rings. The van der Waals surface area contributed by atoms with Crippen molar-refractivity contribution in [3.05, 3.63) is 29.0 Å². The first-order valence-corrected chi connectivity index (χ1v) is 7.11. The molecule has 1 amide bonds. The van der Waals surface area contributed by atoms with Crippen LogP contribution in [0.5, 0.6) is 0 Å². The van der Waals surface area contributed by atoms with Crippen molar-refractivity contribution in [3.8, 4) is 0 Å². The Morgan fingerprint density at radius 1 is 1.45 bits per heavy atom. The molecule has 0 radical (unpaired) electrons. The molecule has 0 aromatic heterocycles. The molecule has 0 unspecified atom stereocenters. The van der Waals surface area contributed by atoms with Crippen LogP contribution in [0.2, 0.25) is 5.02 Å². The number of halogens is 2. The minimum absolute atomic E-state index is 0.124. The van der Waals surface area contributed by atoms with E-state index in [2.05, 4.69) is 15.5 Å². The van der Waals surface area contributed by atoms with Crippen LogP contribution in [-0.4, -0.2) is 43.5 Å². The highest BCUT2D eigenvalue weighted by Gasteiger charge is 2.19. The summed E-state index contributed by atoms with van der Waals surface area (Å²) in [7, 11) is 1.96. The molecule has 0 spiro atoms. The maximum absolute atomic E-state index is 12.9. The average Bonchev–Trinajstić information content (AvgIpc) is 2.43. The molecule has 1 heterocycles. The van der Waals surface area contributed by atoms with E-state index in [1.54, 1.807) is 0 Å². The average molecular weight is 300 g/mol. The highest BCUT2D eigenvalue weighted by atomic mass is 35.5. The van der Waals surface area contributed by atoms with E-state index in [9.17, 15) is 9.18 Å². The molecule has 4 nitrogen and oxygen atoms in total. The minimum Gasteiger partial charge on any atom is -0.324 e. The van der Waals surface area contributed by atoms with Crippen LogP contribution in [0.15, 0.2) is 18.2 Å². The van der Waals surface area contributed by atoms with Crippen LogP contribution >= 0.6 is 11.6 Å². The zero-order chi connectivity index (χ0) is 14.5.